The first-order chi connectivity index (χ1) is 14.4. The molecule has 0 amide bonds. The molecule has 1 saturated heterocycles. The molecule has 0 aromatic heterocycles. The van der Waals surface area contributed by atoms with E-state index in [9.17, 15) is 4.57 Å². The summed E-state index contributed by atoms with van der Waals surface area (Å²) in [7, 11) is -2.97. The summed E-state index contributed by atoms with van der Waals surface area (Å²) in [6, 6.07) is 11.3. The van der Waals surface area contributed by atoms with Gasteiger partial charge >= 0.3 is 0 Å². The molecule has 0 spiro atoms. The number of nitrogens with zero attached hydrogens (tertiary/aromatic N) is 2. The zero-order chi connectivity index (χ0) is 21.7. The zero-order valence-corrected chi connectivity index (χ0v) is 20.4. The fourth-order valence-corrected chi connectivity index (χ4v) is 8.85. The van der Waals surface area contributed by atoms with Gasteiger partial charge in [0.25, 0.3) is 7.59 Å². The second kappa shape index (κ2) is 10.5. The SMILES string of the molecule is CCCCC#C[C@@H](NP1(=O)N(C(C)C)[C@@H]2CCCC[C@H]2N1C(C)C)c1ccccc1. The average Bonchev–Trinajstić information content (AvgIpc) is 2.99. The molecule has 2 aliphatic rings. The summed E-state index contributed by atoms with van der Waals surface area (Å²) in [5.74, 6) is 6.79. The monoisotopic (exact) mass is 429 g/mol. The lowest BCUT2D eigenvalue weighted by molar-refractivity contribution is 0.173. The summed E-state index contributed by atoms with van der Waals surface area (Å²) in [5.41, 5.74) is 1.10. The quantitative estimate of drug-likeness (QED) is 0.311. The van der Waals surface area contributed by atoms with Gasteiger partial charge in [0.1, 0.15) is 6.04 Å². The Bertz CT molecular complexity index is 755. The van der Waals surface area contributed by atoms with E-state index < -0.39 is 7.59 Å². The van der Waals surface area contributed by atoms with Crippen molar-refractivity contribution < 1.29 is 4.57 Å². The molecule has 166 valence electrons. The smallest absolute Gasteiger partial charge is 0.270 e. The highest BCUT2D eigenvalue weighted by atomic mass is 31.2. The number of hydrogen-bond donors (Lipinski definition) is 1. The van der Waals surface area contributed by atoms with E-state index in [2.05, 4.69) is 73.0 Å². The molecule has 5 heteroatoms. The molecule has 1 heterocycles. The van der Waals surface area contributed by atoms with Crippen molar-refractivity contribution in [2.24, 2.45) is 0 Å². The lowest BCUT2D eigenvalue weighted by Crippen LogP contribution is -2.43. The van der Waals surface area contributed by atoms with Gasteiger partial charge in [0.2, 0.25) is 0 Å². The Morgan fingerprint density at radius 2 is 1.60 bits per heavy atom. The number of hydrogen-bond acceptors (Lipinski definition) is 1. The van der Waals surface area contributed by atoms with E-state index in [4.69, 9.17) is 0 Å². The van der Waals surface area contributed by atoms with Crippen LogP contribution in [0.4, 0.5) is 0 Å². The molecule has 1 saturated carbocycles. The molecule has 2 fully saturated rings. The maximum atomic E-state index is 14.9. The summed E-state index contributed by atoms with van der Waals surface area (Å²) in [4.78, 5) is 0. The largest absolute Gasteiger partial charge is 0.286 e. The van der Waals surface area contributed by atoms with Crippen LogP contribution >= 0.6 is 7.59 Å². The average molecular weight is 430 g/mol. The molecule has 1 aliphatic carbocycles. The topological polar surface area (TPSA) is 35.6 Å². The molecular formula is C25H40N3OP. The molecule has 30 heavy (non-hydrogen) atoms. The second-order valence-electron chi connectivity index (χ2n) is 9.31. The fourth-order valence-electron chi connectivity index (χ4n) is 5.20. The van der Waals surface area contributed by atoms with Crippen molar-refractivity contribution in [3.63, 3.8) is 0 Å². The van der Waals surface area contributed by atoms with E-state index in [0.29, 0.717) is 12.1 Å². The minimum Gasteiger partial charge on any atom is -0.270 e. The molecule has 0 unspecified atom stereocenters. The number of unbranched alkanes of at least 4 members (excludes halogenated alkanes) is 2. The Morgan fingerprint density at radius 3 is 2.10 bits per heavy atom. The predicted molar refractivity (Wildman–Crippen MR) is 127 cm³/mol. The van der Waals surface area contributed by atoms with Crippen molar-refractivity contribution in [3.05, 3.63) is 35.9 Å². The molecule has 3 atom stereocenters. The van der Waals surface area contributed by atoms with E-state index in [1.165, 1.54) is 12.8 Å². The third-order valence-electron chi connectivity index (χ3n) is 6.39. The maximum Gasteiger partial charge on any atom is 0.286 e. The van der Waals surface area contributed by atoms with Gasteiger partial charge in [-0.2, -0.15) is 0 Å². The van der Waals surface area contributed by atoms with Crippen LogP contribution in [0.2, 0.25) is 0 Å². The highest BCUT2D eigenvalue weighted by Gasteiger charge is 2.57. The summed E-state index contributed by atoms with van der Waals surface area (Å²) in [5, 5.41) is 3.64. The van der Waals surface area contributed by atoms with Gasteiger partial charge in [-0.1, -0.05) is 62.4 Å². The molecule has 3 rings (SSSR count). The zero-order valence-electron chi connectivity index (χ0n) is 19.5. The van der Waals surface area contributed by atoms with Crippen molar-refractivity contribution in [2.45, 2.75) is 110 Å². The number of benzene rings is 1. The minimum atomic E-state index is -2.97. The number of fused-ring (bicyclic) bond motifs is 1. The number of rotatable bonds is 7. The Morgan fingerprint density at radius 1 is 1.03 bits per heavy atom. The minimum absolute atomic E-state index is 0.224. The Hall–Kier alpha value is -1.11. The molecule has 1 N–H and O–H groups in total. The van der Waals surface area contributed by atoms with Crippen LogP contribution in [-0.4, -0.2) is 33.5 Å². The lowest BCUT2D eigenvalue weighted by atomic mass is 9.89. The molecule has 4 nitrogen and oxygen atoms in total. The van der Waals surface area contributed by atoms with Crippen LogP contribution in [0.25, 0.3) is 0 Å². The van der Waals surface area contributed by atoms with Crippen LogP contribution < -0.4 is 5.09 Å². The van der Waals surface area contributed by atoms with Crippen LogP contribution in [0.5, 0.6) is 0 Å². The van der Waals surface area contributed by atoms with Crippen LogP contribution in [-0.2, 0) is 4.57 Å². The van der Waals surface area contributed by atoms with Crippen molar-refractivity contribution in [3.8, 4) is 11.8 Å². The third-order valence-corrected chi connectivity index (χ3v) is 9.75. The highest BCUT2D eigenvalue weighted by Crippen LogP contribution is 2.63. The first kappa shape index (κ1) is 23.6. The standard InChI is InChI=1S/C25H40N3OP/c1-6-7-8-12-17-23(22-15-10-9-11-16-22)26-30(29)27(20(2)3)24-18-13-14-19-25(24)28(30)21(4)5/h9-11,15-16,20-21,23-25H,6-8,13-14,18-19H2,1-5H3,(H,26,29)/t23-,24-,25-/m1/s1. The van der Waals surface area contributed by atoms with Crippen LogP contribution in [0.3, 0.4) is 0 Å². The van der Waals surface area contributed by atoms with Crippen molar-refractivity contribution in [1.82, 2.24) is 14.4 Å². The van der Waals surface area contributed by atoms with Gasteiger partial charge in [0.05, 0.1) is 0 Å². The summed E-state index contributed by atoms with van der Waals surface area (Å²) in [6.07, 6.45) is 7.87. The lowest BCUT2D eigenvalue weighted by Gasteiger charge is -2.37. The first-order valence-corrected chi connectivity index (χ1v) is 13.5. The van der Waals surface area contributed by atoms with E-state index in [-0.39, 0.29) is 18.1 Å². The molecule has 1 aromatic rings. The van der Waals surface area contributed by atoms with Crippen LogP contribution in [0.15, 0.2) is 30.3 Å². The predicted octanol–water partition coefficient (Wildman–Crippen LogP) is 6.36. The Labute approximate surface area is 184 Å². The van der Waals surface area contributed by atoms with E-state index >= 15 is 0 Å². The van der Waals surface area contributed by atoms with Gasteiger partial charge in [-0.05, 0) is 52.5 Å². The van der Waals surface area contributed by atoms with Crippen LogP contribution in [0, 0.1) is 11.8 Å². The summed E-state index contributed by atoms with van der Waals surface area (Å²) >= 11 is 0. The van der Waals surface area contributed by atoms with Gasteiger partial charge in [-0.25, -0.2) is 14.4 Å². The molecule has 1 aliphatic heterocycles. The van der Waals surface area contributed by atoms with Crippen LogP contribution in [0.1, 0.15) is 91.2 Å². The highest BCUT2D eigenvalue weighted by molar-refractivity contribution is 7.57. The normalized spacial score (nSPS) is 25.2. The van der Waals surface area contributed by atoms with Gasteiger partial charge in [0.15, 0.2) is 0 Å². The summed E-state index contributed by atoms with van der Waals surface area (Å²) < 4.78 is 19.5. The van der Waals surface area contributed by atoms with E-state index in [0.717, 1.165) is 37.7 Å². The number of nitrogens with one attached hydrogen (secondary N) is 1. The van der Waals surface area contributed by atoms with Crippen molar-refractivity contribution in [2.75, 3.05) is 0 Å². The van der Waals surface area contributed by atoms with Crippen molar-refractivity contribution in [1.29, 1.82) is 0 Å². The third kappa shape index (κ3) is 4.86. The Balaban J connectivity index is 2.00. The summed E-state index contributed by atoms with van der Waals surface area (Å²) in [6.45, 7) is 10.9. The van der Waals surface area contributed by atoms with Gasteiger partial charge in [0, 0.05) is 30.6 Å². The van der Waals surface area contributed by atoms with Gasteiger partial charge in [-0.15, -0.1) is 5.92 Å². The van der Waals surface area contributed by atoms with E-state index in [1.807, 2.05) is 18.2 Å². The van der Waals surface area contributed by atoms with Gasteiger partial charge in [-0.3, -0.25) is 4.57 Å². The maximum absolute atomic E-state index is 14.9. The molecule has 0 bridgehead atoms. The molecule has 1 aromatic carbocycles. The van der Waals surface area contributed by atoms with Gasteiger partial charge < -0.3 is 0 Å². The van der Waals surface area contributed by atoms with Crippen molar-refractivity contribution >= 4 is 7.59 Å². The van der Waals surface area contributed by atoms with E-state index in [1.54, 1.807) is 0 Å². The molecular weight excluding hydrogens is 389 g/mol. The molecule has 0 radical (unpaired) electrons. The fraction of sp³-hybridized carbons (Fsp3) is 0.680. The second-order valence-corrected chi connectivity index (χ2v) is 11.6. The first-order valence-electron chi connectivity index (χ1n) is 11.9. The Kier molecular flexibility index (Phi) is 8.22.